The predicted molar refractivity (Wildman–Crippen MR) is 77.3 cm³/mol. The molecule has 0 saturated carbocycles. The maximum Gasteiger partial charge on any atom is 0.0598 e. The van der Waals surface area contributed by atoms with E-state index in [1.807, 2.05) is 30.3 Å². The van der Waals surface area contributed by atoms with E-state index in [1.165, 1.54) is 5.56 Å². The molecule has 0 aliphatic carbocycles. The lowest BCUT2D eigenvalue weighted by Crippen LogP contribution is -1.93. The van der Waals surface area contributed by atoms with E-state index in [0.29, 0.717) is 10.0 Å². The summed E-state index contributed by atoms with van der Waals surface area (Å²) in [5.74, 6) is 0. The van der Waals surface area contributed by atoms with E-state index in [0.717, 1.165) is 24.0 Å². The Labute approximate surface area is 117 Å². The van der Waals surface area contributed by atoms with Crippen molar-refractivity contribution in [3.63, 3.8) is 0 Å². The molecule has 1 nitrogen and oxygen atoms in total. The molecule has 0 atom stereocenters. The molecule has 0 heterocycles. The summed E-state index contributed by atoms with van der Waals surface area (Å²) >= 11 is 12.0. The van der Waals surface area contributed by atoms with Crippen molar-refractivity contribution in [1.82, 2.24) is 0 Å². The average Bonchev–Trinajstić information content (AvgIpc) is 2.40. The monoisotopic (exact) mass is 280 g/mol. The van der Waals surface area contributed by atoms with Crippen LogP contribution in [-0.4, -0.2) is 11.7 Å². The quantitative estimate of drug-likeness (QED) is 0.869. The van der Waals surface area contributed by atoms with Crippen LogP contribution in [-0.2, 0) is 6.42 Å². The first-order valence-corrected chi connectivity index (χ1v) is 6.62. The van der Waals surface area contributed by atoms with Gasteiger partial charge in [0.2, 0.25) is 0 Å². The third-order valence-electron chi connectivity index (χ3n) is 2.85. The molecule has 18 heavy (non-hydrogen) atoms. The van der Waals surface area contributed by atoms with Gasteiger partial charge in [0.1, 0.15) is 0 Å². The van der Waals surface area contributed by atoms with Gasteiger partial charge in [-0.05, 0) is 41.7 Å². The van der Waals surface area contributed by atoms with Crippen molar-refractivity contribution in [2.45, 2.75) is 12.8 Å². The minimum Gasteiger partial charge on any atom is -0.396 e. The second-order valence-corrected chi connectivity index (χ2v) is 4.93. The minimum atomic E-state index is 0.204. The number of aryl methyl sites for hydroxylation is 1. The summed E-state index contributed by atoms with van der Waals surface area (Å²) in [4.78, 5) is 0. The maximum atomic E-state index is 8.93. The standard InChI is InChI=1S/C15H14Cl2O/c16-14-8-7-12(10-15(14)17)13-6-2-1-4-11(13)5-3-9-18/h1-2,4,6-8,10,18H,3,5,9H2. The van der Waals surface area contributed by atoms with Crippen molar-refractivity contribution >= 4 is 23.2 Å². The van der Waals surface area contributed by atoms with Gasteiger partial charge in [0.05, 0.1) is 10.0 Å². The molecule has 0 amide bonds. The molecule has 0 aromatic heterocycles. The zero-order valence-electron chi connectivity index (χ0n) is 9.87. The number of aliphatic hydroxyl groups is 1. The van der Waals surface area contributed by atoms with Gasteiger partial charge < -0.3 is 5.11 Å². The summed E-state index contributed by atoms with van der Waals surface area (Å²) in [7, 11) is 0. The van der Waals surface area contributed by atoms with Crippen molar-refractivity contribution in [3.8, 4) is 11.1 Å². The molecule has 94 valence electrons. The van der Waals surface area contributed by atoms with Crippen molar-refractivity contribution in [2.24, 2.45) is 0 Å². The normalized spacial score (nSPS) is 10.6. The Hall–Kier alpha value is -1.02. The molecule has 0 saturated heterocycles. The van der Waals surface area contributed by atoms with Gasteiger partial charge in [-0.3, -0.25) is 0 Å². The molecule has 1 N–H and O–H groups in total. The summed E-state index contributed by atoms with van der Waals surface area (Å²) in [5, 5.41) is 10.1. The van der Waals surface area contributed by atoms with Gasteiger partial charge >= 0.3 is 0 Å². The Balaban J connectivity index is 2.39. The molecular weight excluding hydrogens is 267 g/mol. The highest BCUT2D eigenvalue weighted by atomic mass is 35.5. The first-order valence-electron chi connectivity index (χ1n) is 5.86. The molecule has 0 unspecified atom stereocenters. The van der Waals surface area contributed by atoms with Crippen LogP contribution in [0.5, 0.6) is 0 Å². The minimum absolute atomic E-state index is 0.204. The lowest BCUT2D eigenvalue weighted by atomic mass is 9.97. The average molecular weight is 281 g/mol. The SMILES string of the molecule is OCCCc1ccccc1-c1ccc(Cl)c(Cl)c1. The Kier molecular flexibility index (Phi) is 4.65. The highest BCUT2D eigenvalue weighted by Gasteiger charge is 2.06. The van der Waals surface area contributed by atoms with Crippen molar-refractivity contribution in [2.75, 3.05) is 6.61 Å². The van der Waals surface area contributed by atoms with Crippen molar-refractivity contribution in [1.29, 1.82) is 0 Å². The van der Waals surface area contributed by atoms with Gasteiger partial charge in [0.25, 0.3) is 0 Å². The number of halogens is 2. The number of rotatable bonds is 4. The van der Waals surface area contributed by atoms with Gasteiger partial charge in [0.15, 0.2) is 0 Å². The van der Waals surface area contributed by atoms with Crippen molar-refractivity contribution < 1.29 is 5.11 Å². The molecule has 2 aromatic rings. The van der Waals surface area contributed by atoms with Crippen LogP contribution in [0.25, 0.3) is 11.1 Å². The molecule has 0 spiro atoms. The second-order valence-electron chi connectivity index (χ2n) is 4.11. The first-order chi connectivity index (χ1) is 8.72. The number of hydrogen-bond donors (Lipinski definition) is 1. The smallest absolute Gasteiger partial charge is 0.0598 e. The third kappa shape index (κ3) is 3.05. The topological polar surface area (TPSA) is 20.2 Å². The van der Waals surface area contributed by atoms with Crippen LogP contribution in [0.4, 0.5) is 0 Å². The van der Waals surface area contributed by atoms with Crippen molar-refractivity contribution in [3.05, 3.63) is 58.1 Å². The highest BCUT2D eigenvalue weighted by molar-refractivity contribution is 6.42. The van der Waals surface area contributed by atoms with Crippen LogP contribution >= 0.6 is 23.2 Å². The van der Waals surface area contributed by atoms with Crippen LogP contribution in [0.15, 0.2) is 42.5 Å². The summed E-state index contributed by atoms with van der Waals surface area (Å²) in [5.41, 5.74) is 3.41. The first kappa shape index (κ1) is 13.4. The van der Waals surface area contributed by atoms with Crippen LogP contribution in [0.1, 0.15) is 12.0 Å². The lowest BCUT2D eigenvalue weighted by molar-refractivity contribution is 0.288. The number of aliphatic hydroxyl groups excluding tert-OH is 1. The maximum absolute atomic E-state index is 8.93. The molecule has 2 aromatic carbocycles. The lowest BCUT2D eigenvalue weighted by Gasteiger charge is -2.10. The Morgan fingerprint density at radius 3 is 2.44 bits per heavy atom. The zero-order chi connectivity index (χ0) is 13.0. The molecule has 0 bridgehead atoms. The molecule has 0 fully saturated rings. The Morgan fingerprint density at radius 2 is 1.72 bits per heavy atom. The van der Waals surface area contributed by atoms with Gasteiger partial charge in [-0.25, -0.2) is 0 Å². The molecule has 0 aliphatic heterocycles. The van der Waals surface area contributed by atoms with Crippen LogP contribution < -0.4 is 0 Å². The fourth-order valence-electron chi connectivity index (χ4n) is 1.95. The Bertz CT molecular complexity index is 538. The van der Waals surface area contributed by atoms with E-state index < -0.39 is 0 Å². The molecular formula is C15H14Cl2O. The van der Waals surface area contributed by atoms with Crippen LogP contribution in [0, 0.1) is 0 Å². The molecule has 0 radical (unpaired) electrons. The zero-order valence-corrected chi connectivity index (χ0v) is 11.4. The Morgan fingerprint density at radius 1 is 0.944 bits per heavy atom. The van der Waals surface area contributed by atoms with Crippen LogP contribution in [0.2, 0.25) is 10.0 Å². The van der Waals surface area contributed by atoms with E-state index in [2.05, 4.69) is 12.1 Å². The molecule has 0 aliphatic rings. The second kappa shape index (κ2) is 6.24. The predicted octanol–water partition coefficient (Wildman–Crippen LogP) is 4.59. The largest absolute Gasteiger partial charge is 0.396 e. The van der Waals surface area contributed by atoms with Gasteiger partial charge in [-0.1, -0.05) is 53.5 Å². The summed E-state index contributed by atoms with van der Waals surface area (Å²) in [6, 6.07) is 13.8. The number of benzene rings is 2. The fourth-order valence-corrected chi connectivity index (χ4v) is 2.25. The summed E-state index contributed by atoms with van der Waals surface area (Å²) < 4.78 is 0. The molecule has 3 heteroatoms. The van der Waals surface area contributed by atoms with Gasteiger partial charge in [-0.15, -0.1) is 0 Å². The highest BCUT2D eigenvalue weighted by Crippen LogP contribution is 2.30. The van der Waals surface area contributed by atoms with E-state index in [4.69, 9.17) is 28.3 Å². The van der Waals surface area contributed by atoms with Crippen LogP contribution in [0.3, 0.4) is 0 Å². The molecule has 2 rings (SSSR count). The third-order valence-corrected chi connectivity index (χ3v) is 3.59. The number of hydrogen-bond acceptors (Lipinski definition) is 1. The van der Waals surface area contributed by atoms with E-state index in [1.54, 1.807) is 0 Å². The van der Waals surface area contributed by atoms with E-state index in [-0.39, 0.29) is 6.61 Å². The fraction of sp³-hybridized carbons (Fsp3) is 0.200. The summed E-state index contributed by atoms with van der Waals surface area (Å²) in [6.07, 6.45) is 1.62. The van der Waals surface area contributed by atoms with E-state index in [9.17, 15) is 0 Å². The summed E-state index contributed by atoms with van der Waals surface area (Å²) in [6.45, 7) is 0.204. The van der Waals surface area contributed by atoms with E-state index >= 15 is 0 Å². The van der Waals surface area contributed by atoms with Gasteiger partial charge in [-0.2, -0.15) is 0 Å². The van der Waals surface area contributed by atoms with Gasteiger partial charge in [0, 0.05) is 6.61 Å².